The first-order chi connectivity index (χ1) is 7.43. The largest absolute Gasteiger partial charge is 0.245 e. The maximum absolute atomic E-state index is 4.26. The van der Waals surface area contributed by atoms with Crippen LogP contribution in [0.4, 0.5) is 0 Å². The zero-order chi connectivity index (χ0) is 10.1. The smallest absolute Gasteiger partial charge is 0.116 e. The number of hydrogen-bond donors (Lipinski definition) is 0. The third-order valence-corrected chi connectivity index (χ3v) is 2.98. The Labute approximate surface area is 89.0 Å². The van der Waals surface area contributed by atoms with Crippen molar-refractivity contribution in [2.45, 2.75) is 19.3 Å². The van der Waals surface area contributed by atoms with E-state index in [1.807, 2.05) is 6.07 Å². The van der Waals surface area contributed by atoms with Crippen LogP contribution in [-0.4, -0.2) is 9.97 Å². The summed E-state index contributed by atoms with van der Waals surface area (Å²) >= 11 is 0. The molecular formula is C13H12N2. The second-order valence-electron chi connectivity index (χ2n) is 3.93. The van der Waals surface area contributed by atoms with Crippen molar-refractivity contribution in [2.24, 2.45) is 0 Å². The van der Waals surface area contributed by atoms with Crippen molar-refractivity contribution in [1.29, 1.82) is 0 Å². The van der Waals surface area contributed by atoms with E-state index in [2.05, 4.69) is 28.2 Å². The van der Waals surface area contributed by atoms with Crippen molar-refractivity contribution in [2.75, 3.05) is 0 Å². The van der Waals surface area contributed by atoms with E-state index in [1.54, 1.807) is 12.5 Å². The average Bonchev–Trinajstić information content (AvgIpc) is 2.77. The maximum Gasteiger partial charge on any atom is 0.116 e. The van der Waals surface area contributed by atoms with Crippen LogP contribution in [0, 0.1) is 0 Å². The second kappa shape index (κ2) is 3.46. The highest BCUT2D eigenvalue weighted by Crippen LogP contribution is 2.26. The molecule has 1 aliphatic carbocycles. The molecule has 0 radical (unpaired) electrons. The van der Waals surface area contributed by atoms with E-state index in [-0.39, 0.29) is 0 Å². The average molecular weight is 196 g/mol. The molecule has 0 bridgehead atoms. The molecule has 0 spiro atoms. The molecule has 1 aromatic heterocycles. The Kier molecular flexibility index (Phi) is 1.98. The molecule has 0 N–H and O–H groups in total. The quantitative estimate of drug-likeness (QED) is 0.700. The van der Waals surface area contributed by atoms with Crippen LogP contribution in [0.5, 0.6) is 0 Å². The number of benzene rings is 1. The predicted octanol–water partition coefficient (Wildman–Crippen LogP) is 2.63. The SMILES string of the molecule is c1cc(-c2ccc3c(c2)CCC3)ncn1. The first-order valence-corrected chi connectivity index (χ1v) is 5.32. The Morgan fingerprint density at radius 2 is 1.93 bits per heavy atom. The van der Waals surface area contributed by atoms with Crippen molar-refractivity contribution >= 4 is 0 Å². The summed E-state index contributed by atoms with van der Waals surface area (Å²) in [5.74, 6) is 0. The van der Waals surface area contributed by atoms with Gasteiger partial charge in [0.2, 0.25) is 0 Å². The fraction of sp³-hybridized carbons (Fsp3) is 0.231. The second-order valence-corrected chi connectivity index (χ2v) is 3.93. The summed E-state index contributed by atoms with van der Waals surface area (Å²) in [6, 6.07) is 8.62. The minimum absolute atomic E-state index is 1.01. The van der Waals surface area contributed by atoms with Gasteiger partial charge in [0.25, 0.3) is 0 Å². The molecule has 15 heavy (non-hydrogen) atoms. The lowest BCUT2D eigenvalue weighted by Gasteiger charge is -2.03. The van der Waals surface area contributed by atoms with Crippen LogP contribution >= 0.6 is 0 Å². The highest BCUT2D eigenvalue weighted by molar-refractivity contribution is 5.61. The molecule has 2 nitrogen and oxygen atoms in total. The van der Waals surface area contributed by atoms with E-state index < -0.39 is 0 Å². The van der Waals surface area contributed by atoms with Crippen molar-refractivity contribution < 1.29 is 0 Å². The summed E-state index contributed by atoms with van der Waals surface area (Å²) in [7, 11) is 0. The van der Waals surface area contributed by atoms with Crippen molar-refractivity contribution in [1.82, 2.24) is 9.97 Å². The maximum atomic E-state index is 4.26. The van der Waals surface area contributed by atoms with Crippen LogP contribution in [0.2, 0.25) is 0 Å². The molecule has 0 unspecified atom stereocenters. The van der Waals surface area contributed by atoms with Gasteiger partial charge in [-0.15, -0.1) is 0 Å². The van der Waals surface area contributed by atoms with Gasteiger partial charge in [0, 0.05) is 11.8 Å². The van der Waals surface area contributed by atoms with Gasteiger partial charge in [0.05, 0.1) is 5.69 Å². The third-order valence-electron chi connectivity index (χ3n) is 2.98. The zero-order valence-corrected chi connectivity index (χ0v) is 8.48. The molecule has 0 fully saturated rings. The lowest BCUT2D eigenvalue weighted by molar-refractivity contribution is 0.912. The first kappa shape index (κ1) is 8.60. The van der Waals surface area contributed by atoms with E-state index in [1.165, 1.54) is 36.0 Å². The summed E-state index contributed by atoms with van der Waals surface area (Å²) in [4.78, 5) is 8.20. The predicted molar refractivity (Wildman–Crippen MR) is 59.5 cm³/mol. The van der Waals surface area contributed by atoms with E-state index in [9.17, 15) is 0 Å². The third kappa shape index (κ3) is 1.52. The summed E-state index contributed by atoms with van der Waals surface area (Å²) in [5, 5.41) is 0. The number of fused-ring (bicyclic) bond motifs is 1. The summed E-state index contributed by atoms with van der Waals surface area (Å²) in [6.07, 6.45) is 7.13. The lowest BCUT2D eigenvalue weighted by atomic mass is 10.0. The Balaban J connectivity index is 2.07. The molecule has 1 aromatic carbocycles. The molecule has 3 rings (SSSR count). The molecule has 1 heterocycles. The first-order valence-electron chi connectivity index (χ1n) is 5.32. The van der Waals surface area contributed by atoms with Gasteiger partial charge < -0.3 is 0 Å². The van der Waals surface area contributed by atoms with E-state index in [0.29, 0.717) is 0 Å². The van der Waals surface area contributed by atoms with Crippen molar-refractivity contribution in [3.8, 4) is 11.3 Å². The Morgan fingerprint density at radius 1 is 1.00 bits per heavy atom. The van der Waals surface area contributed by atoms with Crippen LogP contribution in [0.25, 0.3) is 11.3 Å². The fourth-order valence-corrected chi connectivity index (χ4v) is 2.19. The Bertz CT molecular complexity index is 477. The summed E-state index contributed by atoms with van der Waals surface area (Å²) in [5.41, 5.74) is 5.22. The summed E-state index contributed by atoms with van der Waals surface area (Å²) in [6.45, 7) is 0. The van der Waals surface area contributed by atoms with E-state index in [0.717, 1.165) is 5.69 Å². The van der Waals surface area contributed by atoms with Gasteiger partial charge in [0.15, 0.2) is 0 Å². The van der Waals surface area contributed by atoms with Crippen LogP contribution in [0.3, 0.4) is 0 Å². The van der Waals surface area contributed by atoms with Gasteiger partial charge in [-0.05, 0) is 42.5 Å². The molecular weight excluding hydrogens is 184 g/mol. The lowest BCUT2D eigenvalue weighted by Crippen LogP contribution is -1.87. The van der Waals surface area contributed by atoms with Crippen LogP contribution in [0.15, 0.2) is 36.8 Å². The van der Waals surface area contributed by atoms with E-state index in [4.69, 9.17) is 0 Å². The number of rotatable bonds is 1. The molecule has 0 saturated carbocycles. The Morgan fingerprint density at radius 3 is 2.80 bits per heavy atom. The highest BCUT2D eigenvalue weighted by Gasteiger charge is 2.11. The molecule has 0 atom stereocenters. The molecule has 2 aromatic rings. The van der Waals surface area contributed by atoms with Crippen LogP contribution in [-0.2, 0) is 12.8 Å². The number of aromatic nitrogens is 2. The molecule has 0 amide bonds. The molecule has 74 valence electrons. The normalized spacial score (nSPS) is 13.9. The standard InChI is InChI=1S/C13H12N2/c1-2-10-4-5-12(8-11(10)3-1)13-6-7-14-9-15-13/h4-9H,1-3H2. The van der Waals surface area contributed by atoms with Crippen molar-refractivity contribution in [3.63, 3.8) is 0 Å². The van der Waals surface area contributed by atoms with Gasteiger partial charge in [0.1, 0.15) is 6.33 Å². The monoisotopic (exact) mass is 196 g/mol. The highest BCUT2D eigenvalue weighted by atomic mass is 14.8. The van der Waals surface area contributed by atoms with Gasteiger partial charge in [-0.3, -0.25) is 0 Å². The van der Waals surface area contributed by atoms with Gasteiger partial charge in [-0.1, -0.05) is 12.1 Å². The fourth-order valence-electron chi connectivity index (χ4n) is 2.19. The van der Waals surface area contributed by atoms with Crippen LogP contribution in [0.1, 0.15) is 17.5 Å². The zero-order valence-electron chi connectivity index (χ0n) is 8.48. The molecule has 0 saturated heterocycles. The Hall–Kier alpha value is -1.70. The van der Waals surface area contributed by atoms with Gasteiger partial charge >= 0.3 is 0 Å². The number of nitrogens with zero attached hydrogens (tertiary/aromatic N) is 2. The van der Waals surface area contributed by atoms with E-state index >= 15 is 0 Å². The topological polar surface area (TPSA) is 25.8 Å². The van der Waals surface area contributed by atoms with Gasteiger partial charge in [-0.2, -0.15) is 0 Å². The minimum Gasteiger partial charge on any atom is -0.245 e. The number of aryl methyl sites for hydroxylation is 2. The molecule has 0 aliphatic heterocycles. The minimum atomic E-state index is 1.01. The number of hydrogen-bond acceptors (Lipinski definition) is 2. The molecule has 2 heteroatoms. The van der Waals surface area contributed by atoms with Crippen LogP contribution < -0.4 is 0 Å². The molecule has 1 aliphatic rings. The van der Waals surface area contributed by atoms with Gasteiger partial charge in [-0.25, -0.2) is 9.97 Å². The van der Waals surface area contributed by atoms with Crippen molar-refractivity contribution in [3.05, 3.63) is 47.9 Å². The summed E-state index contributed by atoms with van der Waals surface area (Å²) < 4.78 is 0.